The molecule has 0 bridgehead atoms. The molecular formula is C21H24ClFN2O. The molecule has 4 rings (SSSR count). The summed E-state index contributed by atoms with van der Waals surface area (Å²) in [5, 5.41) is 3.65. The Balaban J connectivity index is 0.00000196. The van der Waals surface area contributed by atoms with Crippen molar-refractivity contribution >= 4 is 18.3 Å². The van der Waals surface area contributed by atoms with Crippen LogP contribution in [0.2, 0.25) is 0 Å². The number of halogens is 2. The Morgan fingerprint density at radius 1 is 1.08 bits per heavy atom. The van der Waals surface area contributed by atoms with Crippen LogP contribution in [0, 0.1) is 5.82 Å². The zero-order valence-corrected chi connectivity index (χ0v) is 15.9. The van der Waals surface area contributed by atoms with Crippen molar-refractivity contribution in [2.45, 2.75) is 37.3 Å². The third-order valence-corrected chi connectivity index (χ3v) is 5.88. The summed E-state index contributed by atoms with van der Waals surface area (Å²) in [5.41, 5.74) is 1.87. The second-order valence-corrected chi connectivity index (χ2v) is 7.58. The van der Waals surface area contributed by atoms with Gasteiger partial charge in [-0.25, -0.2) is 4.39 Å². The summed E-state index contributed by atoms with van der Waals surface area (Å²) in [6.45, 7) is 2.95. The first kappa shape index (κ1) is 18.9. The van der Waals surface area contributed by atoms with E-state index in [2.05, 4.69) is 18.3 Å². The van der Waals surface area contributed by atoms with Gasteiger partial charge in [-0.1, -0.05) is 36.4 Å². The van der Waals surface area contributed by atoms with Gasteiger partial charge in [-0.05, 0) is 49.4 Å². The highest BCUT2D eigenvalue weighted by Crippen LogP contribution is 2.43. The van der Waals surface area contributed by atoms with Crippen LogP contribution in [0.3, 0.4) is 0 Å². The summed E-state index contributed by atoms with van der Waals surface area (Å²) in [6.07, 6.45) is 2.59. The minimum absolute atomic E-state index is 0. The number of rotatable bonds is 2. The van der Waals surface area contributed by atoms with Crippen LogP contribution in [0.1, 0.15) is 31.7 Å². The predicted molar refractivity (Wildman–Crippen MR) is 104 cm³/mol. The zero-order valence-electron chi connectivity index (χ0n) is 15.1. The average molecular weight is 375 g/mol. The van der Waals surface area contributed by atoms with Crippen molar-refractivity contribution < 1.29 is 9.18 Å². The van der Waals surface area contributed by atoms with Crippen LogP contribution in [0.5, 0.6) is 0 Å². The Labute approximate surface area is 160 Å². The average Bonchev–Trinajstić information content (AvgIpc) is 3.11. The number of carbonyl (C=O) groups is 1. The van der Waals surface area contributed by atoms with Gasteiger partial charge < -0.3 is 4.90 Å². The van der Waals surface area contributed by atoms with Gasteiger partial charge in [0.15, 0.2) is 0 Å². The van der Waals surface area contributed by atoms with Crippen molar-refractivity contribution in [2.24, 2.45) is 0 Å². The summed E-state index contributed by atoms with van der Waals surface area (Å²) in [7, 11) is 1.87. The molecule has 2 aromatic carbocycles. The van der Waals surface area contributed by atoms with E-state index in [9.17, 15) is 9.18 Å². The van der Waals surface area contributed by atoms with E-state index in [0.717, 1.165) is 36.9 Å². The van der Waals surface area contributed by atoms with Crippen LogP contribution in [0.25, 0.3) is 11.1 Å². The summed E-state index contributed by atoms with van der Waals surface area (Å²) in [5.74, 6) is -0.0188. The monoisotopic (exact) mass is 374 g/mol. The van der Waals surface area contributed by atoms with Crippen molar-refractivity contribution in [2.75, 3.05) is 13.6 Å². The van der Waals surface area contributed by atoms with E-state index in [0.29, 0.717) is 5.56 Å². The van der Waals surface area contributed by atoms with Crippen molar-refractivity contribution in [3.8, 4) is 11.1 Å². The Kier molecular flexibility index (Phi) is 4.84. The highest BCUT2D eigenvalue weighted by Gasteiger charge is 2.54. The van der Waals surface area contributed by atoms with E-state index in [1.807, 2.05) is 36.2 Å². The lowest BCUT2D eigenvalue weighted by Crippen LogP contribution is -2.52. The lowest BCUT2D eigenvalue weighted by molar-refractivity contribution is -0.131. The molecule has 1 N–H and O–H groups in total. The second-order valence-electron chi connectivity index (χ2n) is 7.58. The number of carbonyl (C=O) groups excluding carboxylic acids is 1. The van der Waals surface area contributed by atoms with E-state index in [4.69, 9.17) is 0 Å². The number of benzene rings is 2. The first-order chi connectivity index (χ1) is 11.9. The Hall–Kier alpha value is -1.91. The lowest BCUT2D eigenvalue weighted by atomic mass is 9.88. The van der Waals surface area contributed by atoms with E-state index < -0.39 is 5.54 Å². The Morgan fingerprint density at radius 2 is 1.85 bits per heavy atom. The van der Waals surface area contributed by atoms with E-state index in [1.54, 1.807) is 12.1 Å². The van der Waals surface area contributed by atoms with Gasteiger partial charge in [-0.2, -0.15) is 0 Å². The number of likely N-dealkylation sites (tertiary alicyclic amines) is 1. The molecule has 2 atom stereocenters. The smallest absolute Gasteiger partial charge is 0.242 e. The minimum atomic E-state index is -0.433. The lowest BCUT2D eigenvalue weighted by Gasteiger charge is -2.31. The topological polar surface area (TPSA) is 32.3 Å². The van der Waals surface area contributed by atoms with Gasteiger partial charge in [0.25, 0.3) is 0 Å². The molecule has 0 unspecified atom stereocenters. The number of hydrogen-bond donors (Lipinski definition) is 1. The molecule has 2 saturated heterocycles. The fourth-order valence-electron chi connectivity index (χ4n) is 4.34. The zero-order chi connectivity index (χ0) is 17.7. The van der Waals surface area contributed by atoms with Gasteiger partial charge in [0.1, 0.15) is 11.4 Å². The van der Waals surface area contributed by atoms with Gasteiger partial charge >= 0.3 is 0 Å². The molecular weight excluding hydrogens is 351 g/mol. The number of likely N-dealkylation sites (N-methyl/N-ethyl adjacent to an activating group) is 1. The van der Waals surface area contributed by atoms with E-state index in [-0.39, 0.29) is 29.7 Å². The Bertz CT molecular complexity index is 842. The molecule has 2 aromatic rings. The number of amides is 1. The maximum absolute atomic E-state index is 14.1. The van der Waals surface area contributed by atoms with Gasteiger partial charge in [0.2, 0.25) is 5.91 Å². The third-order valence-electron chi connectivity index (χ3n) is 5.88. The summed E-state index contributed by atoms with van der Waals surface area (Å²) < 4.78 is 14.1. The number of nitrogens with one attached hydrogen (secondary N) is 1. The molecule has 2 aliphatic rings. The molecule has 2 heterocycles. The van der Waals surface area contributed by atoms with Crippen LogP contribution >= 0.6 is 12.4 Å². The van der Waals surface area contributed by atoms with Crippen molar-refractivity contribution in [3.05, 3.63) is 59.9 Å². The SMILES string of the molecule is CN1CC[C@]2(CC[C@](C)(c3cccc(-c4ccccc4F)c3)N2)C1=O.Cl. The third kappa shape index (κ3) is 2.91. The molecule has 138 valence electrons. The second kappa shape index (κ2) is 6.67. The minimum Gasteiger partial charge on any atom is -0.344 e. The number of nitrogens with zero attached hydrogens (tertiary/aromatic N) is 1. The Morgan fingerprint density at radius 3 is 2.54 bits per heavy atom. The maximum Gasteiger partial charge on any atom is 0.242 e. The summed E-state index contributed by atoms with van der Waals surface area (Å²) in [4.78, 5) is 14.4. The summed E-state index contributed by atoms with van der Waals surface area (Å²) in [6, 6.07) is 14.9. The van der Waals surface area contributed by atoms with Gasteiger partial charge in [-0.15, -0.1) is 12.4 Å². The number of hydrogen-bond acceptors (Lipinski definition) is 2. The van der Waals surface area contributed by atoms with E-state index in [1.165, 1.54) is 6.07 Å². The first-order valence-corrected chi connectivity index (χ1v) is 8.84. The van der Waals surface area contributed by atoms with Crippen molar-refractivity contribution in [1.29, 1.82) is 0 Å². The van der Waals surface area contributed by atoms with Crippen LogP contribution in [0.4, 0.5) is 4.39 Å². The molecule has 1 spiro atoms. The molecule has 0 aromatic heterocycles. The van der Waals surface area contributed by atoms with Crippen LogP contribution in [-0.2, 0) is 10.3 Å². The van der Waals surface area contributed by atoms with E-state index >= 15 is 0 Å². The fourth-order valence-corrected chi connectivity index (χ4v) is 4.34. The van der Waals surface area contributed by atoms with Crippen LogP contribution in [-0.4, -0.2) is 29.9 Å². The maximum atomic E-state index is 14.1. The fraction of sp³-hybridized carbons (Fsp3) is 0.381. The first-order valence-electron chi connectivity index (χ1n) is 8.84. The van der Waals surface area contributed by atoms with Crippen molar-refractivity contribution in [1.82, 2.24) is 10.2 Å². The normalized spacial score (nSPS) is 27.8. The largest absolute Gasteiger partial charge is 0.344 e. The highest BCUT2D eigenvalue weighted by atomic mass is 35.5. The summed E-state index contributed by atoms with van der Waals surface area (Å²) >= 11 is 0. The molecule has 1 amide bonds. The molecule has 3 nitrogen and oxygen atoms in total. The molecule has 5 heteroatoms. The van der Waals surface area contributed by atoms with Crippen LogP contribution in [0.15, 0.2) is 48.5 Å². The predicted octanol–water partition coefficient (Wildman–Crippen LogP) is 4.11. The molecule has 0 saturated carbocycles. The van der Waals surface area contributed by atoms with Gasteiger partial charge in [0, 0.05) is 24.7 Å². The standard InChI is InChI=1S/C21H23FN2O.ClH/c1-20(10-11-21(23-20)12-13-24(2)19(21)25)16-7-5-6-15(14-16)17-8-3-4-9-18(17)22;/h3-9,14,23H,10-13H2,1-2H3;1H/t20-,21-;/m1./s1. The molecule has 26 heavy (non-hydrogen) atoms. The molecule has 2 fully saturated rings. The molecule has 2 aliphatic heterocycles. The van der Waals surface area contributed by atoms with Gasteiger partial charge in [0.05, 0.1) is 0 Å². The van der Waals surface area contributed by atoms with Crippen LogP contribution < -0.4 is 5.32 Å². The molecule has 0 aliphatic carbocycles. The highest BCUT2D eigenvalue weighted by molar-refractivity contribution is 5.89. The quantitative estimate of drug-likeness (QED) is 0.857. The van der Waals surface area contributed by atoms with Crippen molar-refractivity contribution in [3.63, 3.8) is 0 Å². The molecule has 0 radical (unpaired) electrons. The van der Waals surface area contributed by atoms with Gasteiger partial charge in [-0.3, -0.25) is 10.1 Å².